The number of hydrogen-bond donors (Lipinski definition) is 0. The fraction of sp³-hybridized carbons (Fsp3) is 0.652. The molecule has 0 radical (unpaired) electrons. The molecular formula is C23H36. The van der Waals surface area contributed by atoms with Crippen molar-refractivity contribution >= 4 is 0 Å². The Kier molecular flexibility index (Phi) is 6.94. The molecule has 0 N–H and O–H groups in total. The normalized spacial score (nSPS) is 26.3. The van der Waals surface area contributed by atoms with Crippen molar-refractivity contribution in [1.29, 1.82) is 0 Å². The molecule has 23 heavy (non-hydrogen) atoms. The van der Waals surface area contributed by atoms with Crippen LogP contribution in [0.15, 0.2) is 36.0 Å². The van der Waals surface area contributed by atoms with Crippen molar-refractivity contribution in [2.45, 2.75) is 73.6 Å². The number of allylic oxidation sites excluding steroid dienone is 5. The van der Waals surface area contributed by atoms with Crippen LogP contribution in [-0.4, -0.2) is 0 Å². The van der Waals surface area contributed by atoms with E-state index in [1.807, 2.05) is 0 Å². The highest BCUT2D eigenvalue weighted by Gasteiger charge is 2.42. The maximum Gasteiger partial charge on any atom is 0.0287 e. The minimum absolute atomic E-state index is 0.00857. The number of rotatable bonds is 8. The molecule has 0 spiro atoms. The fourth-order valence-electron chi connectivity index (χ4n) is 4.10. The molecule has 0 nitrogen and oxygen atoms in total. The van der Waals surface area contributed by atoms with Crippen LogP contribution in [0, 0.1) is 35.0 Å². The SMILES string of the molecule is C#CC(C)(CCC=C(C)C)CC[C@@]1(C)C(C=C)=CC[C@@H]1C(C)C. The molecule has 0 saturated heterocycles. The minimum Gasteiger partial charge on any atom is -0.120 e. The molecule has 0 heteroatoms. The van der Waals surface area contributed by atoms with Crippen LogP contribution in [0.5, 0.6) is 0 Å². The van der Waals surface area contributed by atoms with Gasteiger partial charge in [0.25, 0.3) is 0 Å². The molecule has 0 fully saturated rings. The van der Waals surface area contributed by atoms with Crippen molar-refractivity contribution < 1.29 is 0 Å². The molecule has 0 aromatic heterocycles. The summed E-state index contributed by atoms with van der Waals surface area (Å²) < 4.78 is 0. The third kappa shape index (κ3) is 4.87. The summed E-state index contributed by atoms with van der Waals surface area (Å²) in [6.07, 6.45) is 18.3. The lowest BCUT2D eigenvalue weighted by atomic mass is 9.65. The zero-order chi connectivity index (χ0) is 17.7. The summed E-state index contributed by atoms with van der Waals surface area (Å²) in [5.74, 6) is 4.49. The molecular weight excluding hydrogens is 276 g/mol. The Hall–Kier alpha value is -1.22. The lowest BCUT2D eigenvalue weighted by molar-refractivity contribution is 0.165. The molecule has 1 aliphatic rings. The van der Waals surface area contributed by atoms with Crippen LogP contribution in [0.3, 0.4) is 0 Å². The van der Waals surface area contributed by atoms with Gasteiger partial charge in [0.05, 0.1) is 0 Å². The van der Waals surface area contributed by atoms with Gasteiger partial charge in [-0.05, 0) is 75.7 Å². The standard InChI is InChI=1S/C23H36/c1-9-20-13-14-21(19(5)6)23(20,8)17-16-22(7,10-2)15-11-12-18(3)4/h2,9,12-13,19,21H,1,11,14-17H2,3-8H3/t21-,22?,23+/m1/s1. The lowest BCUT2D eigenvalue weighted by Gasteiger charge is -2.39. The predicted molar refractivity (Wildman–Crippen MR) is 104 cm³/mol. The van der Waals surface area contributed by atoms with Gasteiger partial charge in [-0.1, -0.05) is 51.2 Å². The predicted octanol–water partition coefficient (Wildman–Crippen LogP) is 6.95. The lowest BCUT2D eigenvalue weighted by Crippen LogP contribution is -2.30. The summed E-state index contributed by atoms with van der Waals surface area (Å²) in [4.78, 5) is 0. The zero-order valence-corrected chi connectivity index (χ0v) is 16.2. The van der Waals surface area contributed by atoms with Crippen LogP contribution in [0.25, 0.3) is 0 Å². The number of hydrogen-bond acceptors (Lipinski definition) is 0. The van der Waals surface area contributed by atoms with Crippen molar-refractivity contribution in [3.05, 3.63) is 36.0 Å². The van der Waals surface area contributed by atoms with Gasteiger partial charge >= 0.3 is 0 Å². The molecule has 0 bridgehead atoms. The van der Waals surface area contributed by atoms with Gasteiger partial charge < -0.3 is 0 Å². The maximum atomic E-state index is 5.91. The molecule has 128 valence electrons. The second kappa shape index (κ2) is 8.05. The first-order valence-corrected chi connectivity index (χ1v) is 9.13. The Morgan fingerprint density at radius 3 is 2.61 bits per heavy atom. The smallest absolute Gasteiger partial charge is 0.0287 e. The summed E-state index contributed by atoms with van der Waals surface area (Å²) in [6.45, 7) is 17.7. The summed E-state index contributed by atoms with van der Waals surface area (Å²) in [5, 5.41) is 0. The van der Waals surface area contributed by atoms with E-state index in [2.05, 4.69) is 72.3 Å². The summed E-state index contributed by atoms with van der Waals surface area (Å²) in [7, 11) is 0. The zero-order valence-electron chi connectivity index (χ0n) is 16.2. The fourth-order valence-corrected chi connectivity index (χ4v) is 4.10. The highest BCUT2D eigenvalue weighted by atomic mass is 14.5. The molecule has 0 aliphatic heterocycles. The highest BCUT2D eigenvalue weighted by Crippen LogP contribution is 2.52. The number of terminal acetylenes is 1. The van der Waals surface area contributed by atoms with E-state index in [1.54, 1.807) is 0 Å². The second-order valence-corrected chi connectivity index (χ2v) is 8.39. The van der Waals surface area contributed by atoms with Gasteiger partial charge in [-0.2, -0.15) is 0 Å². The van der Waals surface area contributed by atoms with E-state index in [0.29, 0.717) is 11.8 Å². The summed E-state index contributed by atoms with van der Waals surface area (Å²) in [6, 6.07) is 0. The molecule has 0 aromatic carbocycles. The average Bonchev–Trinajstić information content (AvgIpc) is 2.82. The third-order valence-corrected chi connectivity index (χ3v) is 5.89. The van der Waals surface area contributed by atoms with Crippen LogP contribution >= 0.6 is 0 Å². The van der Waals surface area contributed by atoms with Gasteiger partial charge in [0, 0.05) is 5.41 Å². The van der Waals surface area contributed by atoms with Gasteiger partial charge in [0.1, 0.15) is 0 Å². The van der Waals surface area contributed by atoms with Crippen LogP contribution in [0.4, 0.5) is 0 Å². The summed E-state index contributed by atoms with van der Waals surface area (Å²) >= 11 is 0. The summed E-state index contributed by atoms with van der Waals surface area (Å²) in [5.41, 5.74) is 3.03. The van der Waals surface area contributed by atoms with Crippen molar-refractivity contribution in [2.24, 2.45) is 22.7 Å². The van der Waals surface area contributed by atoms with Crippen LogP contribution in [0.1, 0.15) is 73.6 Å². The van der Waals surface area contributed by atoms with Crippen LogP contribution in [-0.2, 0) is 0 Å². The van der Waals surface area contributed by atoms with Gasteiger partial charge in [0.15, 0.2) is 0 Å². The topological polar surface area (TPSA) is 0 Å². The molecule has 0 saturated carbocycles. The highest BCUT2D eigenvalue weighted by molar-refractivity contribution is 5.31. The maximum absolute atomic E-state index is 5.91. The Morgan fingerprint density at radius 1 is 1.48 bits per heavy atom. The average molecular weight is 313 g/mol. The van der Waals surface area contributed by atoms with Crippen LogP contribution in [0.2, 0.25) is 0 Å². The van der Waals surface area contributed by atoms with E-state index in [0.717, 1.165) is 25.7 Å². The van der Waals surface area contributed by atoms with E-state index in [9.17, 15) is 0 Å². The van der Waals surface area contributed by atoms with E-state index in [-0.39, 0.29) is 10.8 Å². The Morgan fingerprint density at radius 2 is 2.13 bits per heavy atom. The Balaban J connectivity index is 2.82. The van der Waals surface area contributed by atoms with E-state index in [4.69, 9.17) is 6.42 Å². The van der Waals surface area contributed by atoms with E-state index in [1.165, 1.54) is 17.6 Å². The molecule has 0 aromatic rings. The molecule has 3 atom stereocenters. The first-order valence-electron chi connectivity index (χ1n) is 9.13. The first kappa shape index (κ1) is 19.8. The van der Waals surface area contributed by atoms with Gasteiger partial charge in [-0.3, -0.25) is 0 Å². The van der Waals surface area contributed by atoms with Crippen molar-refractivity contribution in [2.75, 3.05) is 0 Å². The largest absolute Gasteiger partial charge is 0.120 e. The van der Waals surface area contributed by atoms with Crippen molar-refractivity contribution in [3.8, 4) is 12.3 Å². The Bertz CT molecular complexity index is 507. The minimum atomic E-state index is -0.00857. The van der Waals surface area contributed by atoms with Gasteiger partial charge in [0.2, 0.25) is 0 Å². The van der Waals surface area contributed by atoms with Gasteiger partial charge in [-0.15, -0.1) is 12.3 Å². The molecule has 0 amide bonds. The quantitative estimate of drug-likeness (QED) is 0.336. The monoisotopic (exact) mass is 312 g/mol. The molecule has 1 rings (SSSR count). The molecule has 1 unspecified atom stereocenters. The van der Waals surface area contributed by atoms with E-state index < -0.39 is 0 Å². The third-order valence-electron chi connectivity index (χ3n) is 5.89. The van der Waals surface area contributed by atoms with E-state index >= 15 is 0 Å². The Labute approximate surface area is 145 Å². The van der Waals surface area contributed by atoms with Crippen molar-refractivity contribution in [3.63, 3.8) is 0 Å². The van der Waals surface area contributed by atoms with Crippen molar-refractivity contribution in [1.82, 2.24) is 0 Å². The molecule has 0 heterocycles. The second-order valence-electron chi connectivity index (χ2n) is 8.39. The van der Waals surface area contributed by atoms with Crippen LogP contribution < -0.4 is 0 Å². The first-order chi connectivity index (χ1) is 10.7. The van der Waals surface area contributed by atoms with Gasteiger partial charge in [-0.25, -0.2) is 0 Å². The molecule has 1 aliphatic carbocycles.